The third kappa shape index (κ3) is 2.76. The van der Waals surface area contributed by atoms with Gasteiger partial charge < -0.3 is 4.74 Å². The SMILES string of the molecule is SC/C=C/COc1ccc2cccnc2c1. The summed E-state index contributed by atoms with van der Waals surface area (Å²) in [5, 5.41) is 1.13. The van der Waals surface area contributed by atoms with Crippen molar-refractivity contribution >= 4 is 23.5 Å². The van der Waals surface area contributed by atoms with E-state index in [4.69, 9.17) is 4.74 Å². The molecule has 0 atom stereocenters. The van der Waals surface area contributed by atoms with Crippen molar-refractivity contribution in [3.8, 4) is 5.75 Å². The van der Waals surface area contributed by atoms with Crippen molar-refractivity contribution in [2.45, 2.75) is 0 Å². The zero-order chi connectivity index (χ0) is 11.2. The van der Waals surface area contributed by atoms with E-state index in [1.165, 1.54) is 0 Å². The van der Waals surface area contributed by atoms with Gasteiger partial charge in [0.05, 0.1) is 5.52 Å². The fourth-order valence-corrected chi connectivity index (χ4v) is 1.57. The summed E-state index contributed by atoms with van der Waals surface area (Å²) in [5.74, 6) is 1.58. The van der Waals surface area contributed by atoms with Crippen LogP contribution in [0.5, 0.6) is 5.75 Å². The number of fused-ring (bicyclic) bond motifs is 1. The van der Waals surface area contributed by atoms with Gasteiger partial charge in [0.25, 0.3) is 0 Å². The van der Waals surface area contributed by atoms with Crippen LogP contribution in [-0.2, 0) is 0 Å². The van der Waals surface area contributed by atoms with E-state index < -0.39 is 0 Å². The molecule has 0 saturated carbocycles. The average Bonchev–Trinajstić information content (AvgIpc) is 2.34. The summed E-state index contributed by atoms with van der Waals surface area (Å²) in [7, 11) is 0. The molecule has 1 heterocycles. The molecule has 2 rings (SSSR count). The van der Waals surface area contributed by atoms with Crippen LogP contribution in [0, 0.1) is 0 Å². The van der Waals surface area contributed by atoms with Crippen LogP contribution in [0.3, 0.4) is 0 Å². The van der Waals surface area contributed by atoms with E-state index in [1.807, 2.05) is 42.5 Å². The number of thiol groups is 1. The summed E-state index contributed by atoms with van der Waals surface area (Å²) in [6, 6.07) is 9.88. The van der Waals surface area contributed by atoms with Crippen LogP contribution in [0.2, 0.25) is 0 Å². The molecule has 0 saturated heterocycles. The Hall–Kier alpha value is -1.48. The Labute approximate surface area is 100 Å². The largest absolute Gasteiger partial charge is 0.489 e. The summed E-state index contributed by atoms with van der Waals surface area (Å²) in [4.78, 5) is 4.28. The second-order valence-electron chi connectivity index (χ2n) is 3.32. The molecule has 0 N–H and O–H groups in total. The van der Waals surface area contributed by atoms with E-state index in [0.29, 0.717) is 6.61 Å². The first-order valence-electron chi connectivity index (χ1n) is 5.13. The van der Waals surface area contributed by atoms with Gasteiger partial charge >= 0.3 is 0 Å². The summed E-state index contributed by atoms with van der Waals surface area (Å²) in [6.07, 6.45) is 5.70. The zero-order valence-electron chi connectivity index (χ0n) is 8.84. The highest BCUT2D eigenvalue weighted by molar-refractivity contribution is 7.80. The quantitative estimate of drug-likeness (QED) is 0.645. The lowest BCUT2D eigenvalue weighted by molar-refractivity contribution is 0.363. The first-order valence-corrected chi connectivity index (χ1v) is 5.77. The highest BCUT2D eigenvalue weighted by atomic mass is 32.1. The maximum absolute atomic E-state index is 5.56. The van der Waals surface area contributed by atoms with Gasteiger partial charge in [0.1, 0.15) is 12.4 Å². The Kier molecular flexibility index (Phi) is 3.83. The molecular formula is C13H13NOS. The lowest BCUT2D eigenvalue weighted by Crippen LogP contribution is -1.93. The molecular weight excluding hydrogens is 218 g/mol. The van der Waals surface area contributed by atoms with Crippen LogP contribution < -0.4 is 4.74 Å². The molecule has 1 aromatic heterocycles. The van der Waals surface area contributed by atoms with Gasteiger partial charge in [-0.25, -0.2) is 0 Å². The minimum absolute atomic E-state index is 0.568. The first-order chi connectivity index (χ1) is 7.90. The number of hydrogen-bond acceptors (Lipinski definition) is 3. The van der Waals surface area contributed by atoms with Gasteiger partial charge in [-0.2, -0.15) is 12.6 Å². The number of rotatable bonds is 4. The zero-order valence-corrected chi connectivity index (χ0v) is 9.73. The summed E-state index contributed by atoms with van der Waals surface area (Å²) in [6.45, 7) is 0.568. The topological polar surface area (TPSA) is 22.1 Å². The average molecular weight is 231 g/mol. The van der Waals surface area contributed by atoms with Crippen molar-refractivity contribution in [1.82, 2.24) is 4.98 Å². The third-order valence-electron chi connectivity index (χ3n) is 2.20. The molecule has 82 valence electrons. The Morgan fingerprint density at radius 1 is 1.25 bits per heavy atom. The van der Waals surface area contributed by atoms with Gasteiger partial charge in [-0.05, 0) is 18.2 Å². The van der Waals surface area contributed by atoms with E-state index in [9.17, 15) is 0 Å². The van der Waals surface area contributed by atoms with E-state index in [2.05, 4.69) is 17.6 Å². The van der Waals surface area contributed by atoms with E-state index in [0.717, 1.165) is 22.4 Å². The van der Waals surface area contributed by atoms with Crippen LogP contribution in [0.4, 0.5) is 0 Å². The molecule has 0 radical (unpaired) electrons. The van der Waals surface area contributed by atoms with Crippen molar-refractivity contribution in [3.05, 3.63) is 48.7 Å². The van der Waals surface area contributed by atoms with Crippen molar-refractivity contribution < 1.29 is 4.74 Å². The van der Waals surface area contributed by atoms with Crippen molar-refractivity contribution in [2.75, 3.05) is 12.4 Å². The molecule has 0 aliphatic rings. The molecule has 0 bridgehead atoms. The molecule has 2 nitrogen and oxygen atoms in total. The van der Waals surface area contributed by atoms with Gasteiger partial charge in [0, 0.05) is 23.4 Å². The Morgan fingerprint density at radius 2 is 2.19 bits per heavy atom. The van der Waals surface area contributed by atoms with E-state index in [1.54, 1.807) is 6.20 Å². The predicted molar refractivity (Wildman–Crippen MR) is 70.2 cm³/mol. The van der Waals surface area contributed by atoms with Gasteiger partial charge in [-0.3, -0.25) is 4.98 Å². The summed E-state index contributed by atoms with van der Waals surface area (Å²) in [5.41, 5.74) is 0.957. The normalized spacial score (nSPS) is 11.1. The highest BCUT2D eigenvalue weighted by Gasteiger charge is 1.96. The fraction of sp³-hybridized carbons (Fsp3) is 0.154. The number of aromatic nitrogens is 1. The number of ether oxygens (including phenoxy) is 1. The highest BCUT2D eigenvalue weighted by Crippen LogP contribution is 2.18. The molecule has 0 fully saturated rings. The second kappa shape index (κ2) is 5.56. The Morgan fingerprint density at radius 3 is 3.06 bits per heavy atom. The number of hydrogen-bond donors (Lipinski definition) is 1. The number of nitrogens with zero attached hydrogens (tertiary/aromatic N) is 1. The molecule has 16 heavy (non-hydrogen) atoms. The molecule has 2 aromatic rings. The van der Waals surface area contributed by atoms with Crippen LogP contribution in [-0.4, -0.2) is 17.3 Å². The predicted octanol–water partition coefficient (Wildman–Crippen LogP) is 3.10. The number of benzene rings is 1. The monoisotopic (exact) mass is 231 g/mol. The molecule has 3 heteroatoms. The van der Waals surface area contributed by atoms with E-state index in [-0.39, 0.29) is 0 Å². The smallest absolute Gasteiger partial charge is 0.121 e. The van der Waals surface area contributed by atoms with Crippen molar-refractivity contribution in [2.24, 2.45) is 0 Å². The molecule has 1 aromatic carbocycles. The van der Waals surface area contributed by atoms with Gasteiger partial charge in [-0.1, -0.05) is 18.2 Å². The van der Waals surface area contributed by atoms with Crippen LogP contribution >= 0.6 is 12.6 Å². The minimum atomic E-state index is 0.568. The third-order valence-corrected chi connectivity index (χ3v) is 2.41. The molecule has 0 amide bonds. The lowest BCUT2D eigenvalue weighted by Gasteiger charge is -2.04. The standard InChI is InChI=1S/C13H13NOS/c16-9-2-1-8-15-12-6-5-11-4-3-7-14-13(11)10-12/h1-7,10,16H,8-9H2/b2-1+. The second-order valence-corrected chi connectivity index (χ2v) is 3.69. The molecule has 0 spiro atoms. The van der Waals surface area contributed by atoms with Crippen LogP contribution in [0.1, 0.15) is 0 Å². The molecule has 0 aliphatic carbocycles. The Balaban J connectivity index is 2.10. The maximum Gasteiger partial charge on any atom is 0.121 e. The van der Waals surface area contributed by atoms with Gasteiger partial charge in [0.2, 0.25) is 0 Å². The fourth-order valence-electron chi connectivity index (χ4n) is 1.42. The minimum Gasteiger partial charge on any atom is -0.489 e. The lowest BCUT2D eigenvalue weighted by atomic mass is 10.2. The first kappa shape index (κ1) is 11.0. The van der Waals surface area contributed by atoms with Gasteiger partial charge in [0.15, 0.2) is 0 Å². The number of pyridine rings is 1. The Bertz CT molecular complexity index is 496. The van der Waals surface area contributed by atoms with Crippen molar-refractivity contribution in [1.29, 1.82) is 0 Å². The van der Waals surface area contributed by atoms with Gasteiger partial charge in [-0.15, -0.1) is 0 Å². The molecule has 0 unspecified atom stereocenters. The summed E-state index contributed by atoms with van der Waals surface area (Å²) < 4.78 is 5.56. The van der Waals surface area contributed by atoms with Crippen molar-refractivity contribution in [3.63, 3.8) is 0 Å². The maximum atomic E-state index is 5.56. The summed E-state index contributed by atoms with van der Waals surface area (Å²) >= 11 is 4.08. The van der Waals surface area contributed by atoms with Crippen LogP contribution in [0.15, 0.2) is 48.7 Å². The molecule has 0 aliphatic heterocycles. The van der Waals surface area contributed by atoms with E-state index >= 15 is 0 Å². The van der Waals surface area contributed by atoms with Crippen LogP contribution in [0.25, 0.3) is 10.9 Å².